The molecule has 6 heteroatoms. The second kappa shape index (κ2) is 6.03. The highest BCUT2D eigenvalue weighted by molar-refractivity contribution is 5.54. The largest absolute Gasteiger partial charge is 0.870 e. The zero-order chi connectivity index (χ0) is 15.5. The number of ether oxygens (including phenoxy) is 3. The molecule has 0 bridgehead atoms. The maximum absolute atomic E-state index is 11.6. The molecule has 1 aliphatic heterocycles. The van der Waals surface area contributed by atoms with E-state index in [-0.39, 0.29) is 24.8 Å². The normalized spacial score (nSPS) is 12.3. The molecule has 116 valence electrons. The van der Waals surface area contributed by atoms with Gasteiger partial charge in [0.1, 0.15) is 5.75 Å². The maximum Gasteiger partial charge on any atom is 0.231 e. The zero-order valence-electron chi connectivity index (χ0n) is 12.1. The van der Waals surface area contributed by atoms with Crippen LogP contribution in [-0.2, 0) is 6.54 Å². The van der Waals surface area contributed by atoms with Crippen LogP contribution < -0.4 is 24.4 Å². The van der Waals surface area contributed by atoms with Gasteiger partial charge in [-0.05, 0) is 30.7 Å². The fourth-order valence-electron chi connectivity index (χ4n) is 2.23. The van der Waals surface area contributed by atoms with E-state index in [4.69, 9.17) is 14.2 Å². The van der Waals surface area contributed by atoms with E-state index in [9.17, 15) is 10.3 Å². The van der Waals surface area contributed by atoms with E-state index < -0.39 is 0 Å². The third-order valence-corrected chi connectivity index (χ3v) is 3.29. The summed E-state index contributed by atoms with van der Waals surface area (Å²) in [7, 11) is 0. The Balaban J connectivity index is 1.76. The molecule has 0 radical (unpaired) electrons. The SMILES string of the molecule is CCOc1cc(N(O)Cc2ccc3c(c2)OCO3)ccc1[O-]. The number of fused-ring (bicyclic) bond motifs is 1. The third-order valence-electron chi connectivity index (χ3n) is 3.29. The maximum atomic E-state index is 11.6. The fraction of sp³-hybridized carbons (Fsp3) is 0.250. The molecule has 3 rings (SSSR count). The number of benzene rings is 2. The van der Waals surface area contributed by atoms with E-state index >= 15 is 0 Å². The number of anilines is 1. The lowest BCUT2D eigenvalue weighted by molar-refractivity contribution is -0.270. The minimum absolute atomic E-state index is 0.206. The molecule has 2 aromatic carbocycles. The highest BCUT2D eigenvalue weighted by Gasteiger charge is 2.14. The monoisotopic (exact) mass is 302 g/mol. The second-order valence-electron chi connectivity index (χ2n) is 4.81. The van der Waals surface area contributed by atoms with Crippen molar-refractivity contribution in [3.8, 4) is 23.0 Å². The first kappa shape index (κ1) is 14.3. The van der Waals surface area contributed by atoms with Crippen LogP contribution in [0.15, 0.2) is 36.4 Å². The molecule has 1 N–H and O–H groups in total. The summed E-state index contributed by atoms with van der Waals surface area (Å²) in [6.07, 6.45) is 0. The molecular weight excluding hydrogens is 286 g/mol. The average Bonchev–Trinajstić information content (AvgIpc) is 2.97. The molecule has 0 atom stereocenters. The summed E-state index contributed by atoms with van der Waals surface area (Å²) >= 11 is 0. The Hall–Kier alpha value is -2.60. The van der Waals surface area contributed by atoms with Crippen molar-refractivity contribution in [1.29, 1.82) is 0 Å². The van der Waals surface area contributed by atoms with E-state index in [2.05, 4.69) is 0 Å². The van der Waals surface area contributed by atoms with Crippen LogP contribution in [0, 0.1) is 0 Å². The summed E-state index contributed by atoms with van der Waals surface area (Å²) in [4.78, 5) is 0. The van der Waals surface area contributed by atoms with Gasteiger partial charge in [0, 0.05) is 6.07 Å². The van der Waals surface area contributed by atoms with Crippen molar-refractivity contribution in [1.82, 2.24) is 0 Å². The summed E-state index contributed by atoms with van der Waals surface area (Å²) in [6, 6.07) is 9.93. The van der Waals surface area contributed by atoms with Gasteiger partial charge >= 0.3 is 0 Å². The molecule has 0 aromatic heterocycles. The molecule has 0 spiro atoms. The van der Waals surface area contributed by atoms with Crippen molar-refractivity contribution < 1.29 is 24.5 Å². The molecule has 0 saturated heterocycles. The Morgan fingerprint density at radius 1 is 1.18 bits per heavy atom. The number of rotatable bonds is 5. The quantitative estimate of drug-likeness (QED) is 0.854. The molecule has 0 saturated carbocycles. The van der Waals surface area contributed by atoms with Crippen LogP contribution in [0.3, 0.4) is 0 Å². The minimum Gasteiger partial charge on any atom is -0.870 e. The van der Waals surface area contributed by atoms with Crippen molar-refractivity contribution in [2.24, 2.45) is 0 Å². The van der Waals surface area contributed by atoms with Gasteiger partial charge in [-0.1, -0.05) is 17.9 Å². The van der Waals surface area contributed by atoms with E-state index in [0.717, 1.165) is 10.6 Å². The Labute approximate surface area is 128 Å². The molecular formula is C16H16NO5-. The standard InChI is InChI=1S/C16H17NO5/c1-2-20-15-8-12(4-5-13(15)18)17(19)9-11-3-6-14-16(7-11)22-10-21-14/h3-8,18-19H,2,9-10H2,1H3/p-1. The van der Waals surface area contributed by atoms with Gasteiger partial charge in [-0.3, -0.25) is 10.3 Å². The molecule has 0 amide bonds. The molecule has 2 aromatic rings. The van der Waals surface area contributed by atoms with Gasteiger partial charge in [-0.15, -0.1) is 0 Å². The van der Waals surface area contributed by atoms with E-state index in [1.165, 1.54) is 12.1 Å². The summed E-state index contributed by atoms with van der Waals surface area (Å²) < 4.78 is 15.8. The number of nitrogens with zero attached hydrogens (tertiary/aromatic N) is 1. The van der Waals surface area contributed by atoms with Crippen molar-refractivity contribution in [2.45, 2.75) is 13.5 Å². The smallest absolute Gasteiger partial charge is 0.231 e. The van der Waals surface area contributed by atoms with Crippen LogP contribution >= 0.6 is 0 Å². The average molecular weight is 302 g/mol. The number of hydrogen-bond donors (Lipinski definition) is 1. The topological polar surface area (TPSA) is 74.2 Å². The third kappa shape index (κ3) is 2.87. The molecule has 0 fully saturated rings. The van der Waals surface area contributed by atoms with Crippen LogP contribution in [0.4, 0.5) is 5.69 Å². The second-order valence-corrected chi connectivity index (χ2v) is 4.81. The molecule has 0 unspecified atom stereocenters. The van der Waals surface area contributed by atoms with Crippen molar-refractivity contribution in [2.75, 3.05) is 18.5 Å². The van der Waals surface area contributed by atoms with Crippen LogP contribution in [0.25, 0.3) is 0 Å². The minimum atomic E-state index is -0.206. The van der Waals surface area contributed by atoms with Gasteiger partial charge in [0.25, 0.3) is 0 Å². The van der Waals surface area contributed by atoms with E-state index in [1.807, 2.05) is 12.1 Å². The van der Waals surface area contributed by atoms with Crippen molar-refractivity contribution >= 4 is 5.69 Å². The molecule has 22 heavy (non-hydrogen) atoms. The predicted octanol–water partition coefficient (Wildman–Crippen LogP) is 2.28. The van der Waals surface area contributed by atoms with Gasteiger partial charge in [0.05, 0.1) is 18.8 Å². The highest BCUT2D eigenvalue weighted by atomic mass is 16.7. The lowest BCUT2D eigenvalue weighted by atomic mass is 10.2. The molecule has 1 aliphatic rings. The van der Waals surface area contributed by atoms with Gasteiger partial charge in [-0.25, -0.2) is 0 Å². The fourth-order valence-corrected chi connectivity index (χ4v) is 2.23. The lowest BCUT2D eigenvalue weighted by Crippen LogP contribution is -2.17. The van der Waals surface area contributed by atoms with Gasteiger partial charge < -0.3 is 19.3 Å². The summed E-state index contributed by atoms with van der Waals surface area (Å²) in [5.41, 5.74) is 1.34. The van der Waals surface area contributed by atoms with Gasteiger partial charge in [0.15, 0.2) is 11.5 Å². The first-order chi connectivity index (χ1) is 10.7. The number of hydrogen-bond acceptors (Lipinski definition) is 6. The van der Waals surface area contributed by atoms with Gasteiger partial charge in [-0.2, -0.15) is 0 Å². The van der Waals surface area contributed by atoms with Crippen molar-refractivity contribution in [3.05, 3.63) is 42.0 Å². The van der Waals surface area contributed by atoms with E-state index in [1.54, 1.807) is 19.1 Å². The molecule has 6 nitrogen and oxygen atoms in total. The Morgan fingerprint density at radius 2 is 2.00 bits per heavy atom. The first-order valence-electron chi connectivity index (χ1n) is 6.96. The Morgan fingerprint density at radius 3 is 2.82 bits per heavy atom. The van der Waals surface area contributed by atoms with Gasteiger partial charge in [0.2, 0.25) is 6.79 Å². The van der Waals surface area contributed by atoms with Crippen LogP contribution in [0.1, 0.15) is 12.5 Å². The Bertz CT molecular complexity index is 674. The van der Waals surface area contributed by atoms with Crippen molar-refractivity contribution in [3.63, 3.8) is 0 Å². The predicted molar refractivity (Wildman–Crippen MR) is 77.6 cm³/mol. The van der Waals surface area contributed by atoms with Crippen LogP contribution in [0.2, 0.25) is 0 Å². The number of hydroxylamine groups is 1. The zero-order valence-corrected chi connectivity index (χ0v) is 12.1. The summed E-state index contributed by atoms with van der Waals surface area (Å²) in [6.45, 7) is 2.66. The summed E-state index contributed by atoms with van der Waals surface area (Å²) in [5, 5.41) is 22.9. The van der Waals surface area contributed by atoms with E-state index in [0.29, 0.717) is 23.8 Å². The van der Waals surface area contributed by atoms with Crippen LogP contribution in [0.5, 0.6) is 23.0 Å². The summed E-state index contributed by atoms with van der Waals surface area (Å²) in [5.74, 6) is 1.38. The lowest BCUT2D eigenvalue weighted by Gasteiger charge is -2.21. The first-order valence-corrected chi connectivity index (χ1v) is 6.96. The Kier molecular flexibility index (Phi) is 3.93. The highest BCUT2D eigenvalue weighted by Crippen LogP contribution is 2.33. The molecule has 1 heterocycles. The molecule has 0 aliphatic carbocycles. The van der Waals surface area contributed by atoms with Crippen LogP contribution in [-0.4, -0.2) is 18.6 Å².